The summed E-state index contributed by atoms with van der Waals surface area (Å²) in [5, 5.41) is 15.0. The number of nitro benzene ring substituents is 1. The molecule has 0 radical (unpaired) electrons. The number of hydrogen-bond donors (Lipinski definition) is 0. The molecular formula is C31H35N3O7. The summed E-state index contributed by atoms with van der Waals surface area (Å²) in [5.41, 5.74) is 4.84. The van der Waals surface area contributed by atoms with Gasteiger partial charge in [0.15, 0.2) is 0 Å². The zero-order chi connectivity index (χ0) is 30.4. The smallest absolute Gasteiger partial charge is 0.331 e. The lowest BCUT2D eigenvalue weighted by Gasteiger charge is -2.26. The summed E-state index contributed by atoms with van der Waals surface area (Å²) in [5.74, 6) is -0.362. The fraction of sp³-hybridized carbons (Fsp3) is 0.258. The molecule has 0 aromatic heterocycles. The third kappa shape index (κ3) is 10.6. The SMILES string of the molecule is C=CC(=O)OCCOc1ccc(\C=C/C(=C\C=C\C(C)=N\OC(C)=O)N(CC)c2ccc([N+](=O)[O-])cc2C)c(C)c1. The van der Waals surface area contributed by atoms with Gasteiger partial charge < -0.3 is 19.2 Å². The Balaban J connectivity index is 2.37. The van der Waals surface area contributed by atoms with Crippen LogP contribution in [0.1, 0.15) is 37.5 Å². The number of aryl methyl sites for hydroxylation is 2. The van der Waals surface area contributed by atoms with Crippen molar-refractivity contribution in [2.24, 2.45) is 5.16 Å². The number of rotatable bonds is 14. The van der Waals surface area contributed by atoms with E-state index in [1.165, 1.54) is 13.0 Å². The number of nitro groups is 1. The number of ether oxygens (including phenoxy) is 2. The first-order valence-corrected chi connectivity index (χ1v) is 12.9. The number of oxime groups is 1. The van der Waals surface area contributed by atoms with Crippen molar-refractivity contribution < 1.29 is 28.8 Å². The first kappa shape index (κ1) is 32.2. The summed E-state index contributed by atoms with van der Waals surface area (Å²) in [7, 11) is 0. The molecule has 0 saturated carbocycles. The highest BCUT2D eigenvalue weighted by atomic mass is 16.7. The van der Waals surface area contributed by atoms with Crippen molar-refractivity contribution in [3.8, 4) is 5.75 Å². The van der Waals surface area contributed by atoms with Crippen LogP contribution in [-0.2, 0) is 19.2 Å². The molecule has 0 amide bonds. The highest BCUT2D eigenvalue weighted by Gasteiger charge is 2.14. The molecule has 0 bridgehead atoms. The predicted octanol–water partition coefficient (Wildman–Crippen LogP) is 6.24. The number of allylic oxidation sites excluding steroid dienone is 4. The number of hydrogen-bond acceptors (Lipinski definition) is 9. The van der Waals surface area contributed by atoms with Crippen molar-refractivity contribution in [2.45, 2.75) is 34.6 Å². The number of carbonyl (C=O) groups is 2. The molecule has 0 aliphatic rings. The number of non-ortho nitro benzene ring substituents is 1. The lowest BCUT2D eigenvalue weighted by atomic mass is 10.1. The minimum atomic E-state index is -0.509. The lowest BCUT2D eigenvalue weighted by molar-refractivity contribution is -0.384. The van der Waals surface area contributed by atoms with E-state index in [-0.39, 0.29) is 18.9 Å². The maximum atomic E-state index is 11.3. The van der Waals surface area contributed by atoms with Gasteiger partial charge >= 0.3 is 11.9 Å². The minimum absolute atomic E-state index is 0.0254. The molecule has 0 atom stereocenters. The van der Waals surface area contributed by atoms with E-state index in [4.69, 9.17) is 9.47 Å². The number of benzene rings is 2. The van der Waals surface area contributed by atoms with Gasteiger partial charge in [0.2, 0.25) is 0 Å². The molecule has 2 rings (SSSR count). The highest BCUT2D eigenvalue weighted by Crippen LogP contribution is 2.28. The summed E-state index contributed by atoms with van der Waals surface area (Å²) in [6.07, 6.45) is 10.4. The van der Waals surface area contributed by atoms with E-state index in [0.717, 1.165) is 34.2 Å². The Morgan fingerprint density at radius 1 is 1.07 bits per heavy atom. The van der Waals surface area contributed by atoms with Gasteiger partial charge in [0.05, 0.1) is 10.6 Å². The number of esters is 1. The zero-order valence-electron chi connectivity index (χ0n) is 24.0. The van der Waals surface area contributed by atoms with Gasteiger partial charge in [-0.1, -0.05) is 30.0 Å². The minimum Gasteiger partial charge on any atom is -0.490 e. The van der Waals surface area contributed by atoms with E-state index in [2.05, 4.69) is 16.6 Å². The van der Waals surface area contributed by atoms with Crippen molar-refractivity contribution in [1.29, 1.82) is 0 Å². The number of likely N-dealkylation sites (N-methyl/N-ethyl adjacent to an activating group) is 1. The molecule has 0 N–H and O–H groups in total. The first-order chi connectivity index (χ1) is 19.5. The quantitative estimate of drug-likeness (QED) is 0.0389. The average Bonchev–Trinajstić information content (AvgIpc) is 2.94. The van der Waals surface area contributed by atoms with Gasteiger partial charge in [-0.15, -0.1) is 0 Å². The Morgan fingerprint density at radius 2 is 1.83 bits per heavy atom. The van der Waals surface area contributed by atoms with E-state index in [9.17, 15) is 19.7 Å². The largest absolute Gasteiger partial charge is 0.490 e. The molecule has 10 heteroatoms. The van der Waals surface area contributed by atoms with E-state index in [1.54, 1.807) is 31.2 Å². The van der Waals surface area contributed by atoms with Crippen LogP contribution < -0.4 is 9.64 Å². The standard InChI is InChI=1S/C31H35N3O7/c1-7-31(36)40-19-18-39-29-16-13-26(22(3)21-29)12-14-27(11-9-10-24(5)32-41-25(6)35)33(8-2)30-17-15-28(34(37)38)20-23(30)4/h7,9-17,20-21H,1,8,18-19H2,2-6H3/b10-9+,14-12-,27-11+,32-24+. The predicted molar refractivity (Wildman–Crippen MR) is 160 cm³/mol. The van der Waals surface area contributed by atoms with Crippen LogP contribution in [0.25, 0.3) is 6.08 Å². The van der Waals surface area contributed by atoms with Crippen LogP contribution in [0.4, 0.5) is 11.4 Å². The van der Waals surface area contributed by atoms with Crippen LogP contribution >= 0.6 is 0 Å². The van der Waals surface area contributed by atoms with Crippen LogP contribution in [-0.4, -0.2) is 42.3 Å². The van der Waals surface area contributed by atoms with Crippen molar-refractivity contribution >= 4 is 35.1 Å². The molecule has 216 valence electrons. The fourth-order valence-electron chi connectivity index (χ4n) is 3.70. The van der Waals surface area contributed by atoms with Crippen LogP contribution in [0.15, 0.2) is 84.2 Å². The van der Waals surface area contributed by atoms with Gasteiger partial charge in [-0.05, 0) is 80.8 Å². The van der Waals surface area contributed by atoms with Gasteiger partial charge in [0.25, 0.3) is 5.69 Å². The lowest BCUT2D eigenvalue weighted by Crippen LogP contribution is -2.21. The molecule has 10 nitrogen and oxygen atoms in total. The van der Waals surface area contributed by atoms with Crippen LogP contribution in [0.5, 0.6) is 5.75 Å². The second kappa shape index (κ2) is 16.2. The summed E-state index contributed by atoms with van der Waals surface area (Å²) in [6.45, 7) is 13.0. The Bertz CT molecular complexity index is 1390. The van der Waals surface area contributed by atoms with Gasteiger partial charge in [-0.3, -0.25) is 10.1 Å². The molecule has 0 spiro atoms. The molecule has 2 aromatic carbocycles. The zero-order valence-corrected chi connectivity index (χ0v) is 24.0. The maximum absolute atomic E-state index is 11.3. The summed E-state index contributed by atoms with van der Waals surface area (Å²) in [6, 6.07) is 10.4. The first-order valence-electron chi connectivity index (χ1n) is 12.9. The van der Waals surface area contributed by atoms with E-state index >= 15 is 0 Å². The fourth-order valence-corrected chi connectivity index (χ4v) is 3.70. The molecule has 0 heterocycles. The molecule has 0 unspecified atom stereocenters. The van der Waals surface area contributed by atoms with Crippen LogP contribution in [0.2, 0.25) is 0 Å². The normalized spacial score (nSPS) is 11.9. The number of carbonyl (C=O) groups excluding carboxylic acids is 2. The van der Waals surface area contributed by atoms with Gasteiger partial charge in [-0.2, -0.15) is 0 Å². The maximum Gasteiger partial charge on any atom is 0.331 e. The highest BCUT2D eigenvalue weighted by molar-refractivity contribution is 5.93. The van der Waals surface area contributed by atoms with Crippen molar-refractivity contribution in [3.05, 3.63) is 106 Å². The van der Waals surface area contributed by atoms with E-state index in [0.29, 0.717) is 18.0 Å². The number of anilines is 1. The summed E-state index contributed by atoms with van der Waals surface area (Å²) < 4.78 is 10.6. The van der Waals surface area contributed by atoms with Crippen LogP contribution in [0, 0.1) is 24.0 Å². The summed E-state index contributed by atoms with van der Waals surface area (Å²) in [4.78, 5) is 39.7. The van der Waals surface area contributed by atoms with Crippen LogP contribution in [0.3, 0.4) is 0 Å². The van der Waals surface area contributed by atoms with Crippen molar-refractivity contribution in [2.75, 3.05) is 24.7 Å². The van der Waals surface area contributed by atoms with Gasteiger partial charge in [-0.25, -0.2) is 9.59 Å². The van der Waals surface area contributed by atoms with Gasteiger partial charge in [0.1, 0.15) is 19.0 Å². The molecule has 0 aliphatic heterocycles. The molecular weight excluding hydrogens is 526 g/mol. The van der Waals surface area contributed by atoms with Gasteiger partial charge in [0, 0.05) is 43.1 Å². The third-order valence-corrected chi connectivity index (χ3v) is 5.67. The van der Waals surface area contributed by atoms with E-state index in [1.807, 2.05) is 62.1 Å². The monoisotopic (exact) mass is 561 g/mol. The Labute approximate surface area is 240 Å². The second-order valence-electron chi connectivity index (χ2n) is 8.81. The molecule has 2 aromatic rings. The Hall–Kier alpha value is -4.99. The third-order valence-electron chi connectivity index (χ3n) is 5.67. The summed E-state index contributed by atoms with van der Waals surface area (Å²) >= 11 is 0. The molecule has 0 aliphatic carbocycles. The Kier molecular flexibility index (Phi) is 12.7. The molecule has 41 heavy (non-hydrogen) atoms. The number of nitrogens with zero attached hydrogens (tertiary/aromatic N) is 3. The molecule has 0 saturated heterocycles. The average molecular weight is 562 g/mol. The van der Waals surface area contributed by atoms with Crippen molar-refractivity contribution in [1.82, 2.24) is 0 Å². The van der Waals surface area contributed by atoms with Crippen molar-refractivity contribution in [3.63, 3.8) is 0 Å². The molecule has 0 fully saturated rings. The second-order valence-corrected chi connectivity index (χ2v) is 8.81. The topological polar surface area (TPSA) is 121 Å². The Morgan fingerprint density at radius 3 is 2.44 bits per heavy atom. The van der Waals surface area contributed by atoms with E-state index < -0.39 is 16.9 Å².